The number of hydrogen-bond acceptors (Lipinski definition) is 3. The molecule has 2 rings (SSSR count). The van der Waals surface area contributed by atoms with Gasteiger partial charge in [-0.05, 0) is 17.7 Å². The van der Waals surface area contributed by atoms with Crippen molar-refractivity contribution in [1.29, 1.82) is 0 Å². The van der Waals surface area contributed by atoms with Gasteiger partial charge in [0.25, 0.3) is 5.69 Å². The molecule has 0 aliphatic heterocycles. The van der Waals surface area contributed by atoms with Crippen LogP contribution in [0.25, 0.3) is 5.69 Å². The molecule has 1 aromatic heterocycles. The zero-order chi connectivity index (χ0) is 14.9. The number of benzene rings is 1. The minimum Gasteiger partial charge on any atom is -0.258 e. The van der Waals surface area contributed by atoms with Crippen LogP contribution in [0.5, 0.6) is 0 Å². The average Bonchev–Trinajstić information content (AvgIpc) is 2.87. The zero-order valence-corrected chi connectivity index (χ0v) is 10.5. The molecule has 106 valence electrons. The van der Waals surface area contributed by atoms with Gasteiger partial charge in [-0.15, -0.1) is 11.6 Å². The summed E-state index contributed by atoms with van der Waals surface area (Å²) >= 11 is 5.67. The second-order valence-electron chi connectivity index (χ2n) is 3.85. The summed E-state index contributed by atoms with van der Waals surface area (Å²) in [6.45, 7) is 0. The first kappa shape index (κ1) is 14.3. The fourth-order valence-corrected chi connectivity index (χ4v) is 1.84. The van der Waals surface area contributed by atoms with E-state index in [1.165, 1.54) is 18.2 Å². The van der Waals surface area contributed by atoms with Gasteiger partial charge >= 0.3 is 6.18 Å². The molecule has 1 aromatic carbocycles. The van der Waals surface area contributed by atoms with Crippen molar-refractivity contribution < 1.29 is 18.1 Å². The standard InChI is InChI=1S/C11H7ClF3N3O2/c12-6-7-5-8(18(19)20)1-2-9(7)17-4-3-10(16-17)11(13,14)15/h1-5H,6H2. The highest BCUT2D eigenvalue weighted by atomic mass is 35.5. The van der Waals surface area contributed by atoms with Crippen molar-refractivity contribution in [2.75, 3.05) is 0 Å². The Morgan fingerprint density at radius 3 is 2.55 bits per heavy atom. The van der Waals surface area contributed by atoms with Crippen LogP contribution in [-0.4, -0.2) is 14.7 Å². The van der Waals surface area contributed by atoms with Crippen LogP contribution in [0.2, 0.25) is 0 Å². The van der Waals surface area contributed by atoms with Gasteiger partial charge in [-0.25, -0.2) is 4.68 Å². The Balaban J connectivity index is 2.47. The lowest BCUT2D eigenvalue weighted by atomic mass is 10.2. The summed E-state index contributed by atoms with van der Waals surface area (Å²) in [6.07, 6.45) is -3.42. The van der Waals surface area contributed by atoms with Crippen LogP contribution < -0.4 is 0 Å². The molecule has 2 aromatic rings. The van der Waals surface area contributed by atoms with Gasteiger partial charge in [0.2, 0.25) is 0 Å². The molecule has 5 nitrogen and oxygen atoms in total. The van der Waals surface area contributed by atoms with E-state index in [1.807, 2.05) is 0 Å². The van der Waals surface area contributed by atoms with Crippen molar-refractivity contribution in [3.8, 4) is 5.69 Å². The summed E-state index contributed by atoms with van der Waals surface area (Å²) in [5, 5.41) is 14.0. The van der Waals surface area contributed by atoms with Crippen LogP contribution in [-0.2, 0) is 12.1 Å². The van der Waals surface area contributed by atoms with Gasteiger partial charge in [0.1, 0.15) is 0 Å². The molecule has 0 saturated carbocycles. The highest BCUT2D eigenvalue weighted by Crippen LogP contribution is 2.29. The number of nitro benzene ring substituents is 1. The maximum atomic E-state index is 12.5. The van der Waals surface area contributed by atoms with Crippen molar-refractivity contribution in [1.82, 2.24) is 9.78 Å². The van der Waals surface area contributed by atoms with Crippen molar-refractivity contribution >= 4 is 17.3 Å². The first-order valence-electron chi connectivity index (χ1n) is 5.29. The summed E-state index contributed by atoms with van der Waals surface area (Å²) < 4.78 is 38.4. The van der Waals surface area contributed by atoms with E-state index >= 15 is 0 Å². The number of non-ortho nitro benzene ring substituents is 1. The molecule has 20 heavy (non-hydrogen) atoms. The summed E-state index contributed by atoms with van der Waals surface area (Å²) in [5.74, 6) is -0.0851. The van der Waals surface area contributed by atoms with Gasteiger partial charge in [-0.3, -0.25) is 10.1 Å². The van der Waals surface area contributed by atoms with Gasteiger partial charge in [-0.1, -0.05) is 0 Å². The maximum Gasteiger partial charge on any atom is 0.435 e. The third kappa shape index (κ3) is 2.74. The fourth-order valence-electron chi connectivity index (χ4n) is 1.63. The molecule has 0 atom stereocenters. The van der Waals surface area contributed by atoms with Crippen molar-refractivity contribution in [2.24, 2.45) is 0 Å². The summed E-state index contributed by atoms with van der Waals surface area (Å²) in [5.41, 5.74) is -0.650. The van der Waals surface area contributed by atoms with Crippen LogP contribution in [0.3, 0.4) is 0 Å². The predicted molar refractivity (Wildman–Crippen MR) is 64.8 cm³/mol. The van der Waals surface area contributed by atoms with Gasteiger partial charge < -0.3 is 0 Å². The van der Waals surface area contributed by atoms with Crippen LogP contribution in [0.15, 0.2) is 30.5 Å². The van der Waals surface area contributed by atoms with Gasteiger partial charge in [0.15, 0.2) is 5.69 Å². The Hall–Kier alpha value is -2.09. The number of aromatic nitrogens is 2. The summed E-state index contributed by atoms with van der Waals surface area (Å²) in [4.78, 5) is 10.0. The molecule has 0 unspecified atom stereocenters. The Morgan fingerprint density at radius 2 is 2.05 bits per heavy atom. The molecule has 0 radical (unpaired) electrons. The van der Waals surface area contributed by atoms with Crippen molar-refractivity contribution in [3.63, 3.8) is 0 Å². The molecule has 0 bridgehead atoms. The topological polar surface area (TPSA) is 61.0 Å². The smallest absolute Gasteiger partial charge is 0.258 e. The van der Waals surface area contributed by atoms with E-state index in [1.54, 1.807) is 0 Å². The van der Waals surface area contributed by atoms with Crippen molar-refractivity contribution in [3.05, 3.63) is 51.8 Å². The van der Waals surface area contributed by atoms with Gasteiger partial charge in [-0.2, -0.15) is 18.3 Å². The molecule has 0 N–H and O–H groups in total. The maximum absolute atomic E-state index is 12.5. The average molecular weight is 306 g/mol. The number of rotatable bonds is 3. The number of halogens is 4. The molecule has 0 saturated heterocycles. The minimum absolute atomic E-state index is 0.0851. The molecule has 9 heteroatoms. The largest absolute Gasteiger partial charge is 0.435 e. The van der Waals surface area contributed by atoms with E-state index in [-0.39, 0.29) is 17.3 Å². The zero-order valence-electron chi connectivity index (χ0n) is 9.76. The first-order valence-corrected chi connectivity index (χ1v) is 5.83. The molecule has 0 fully saturated rings. The van der Waals surface area contributed by atoms with Crippen molar-refractivity contribution in [2.45, 2.75) is 12.1 Å². The van der Waals surface area contributed by atoms with E-state index in [4.69, 9.17) is 11.6 Å². The molecule has 0 amide bonds. The lowest BCUT2D eigenvalue weighted by Gasteiger charge is -2.07. The van der Waals surface area contributed by atoms with E-state index in [0.29, 0.717) is 5.56 Å². The third-order valence-corrected chi connectivity index (χ3v) is 2.83. The lowest BCUT2D eigenvalue weighted by molar-refractivity contribution is -0.384. The number of nitrogens with zero attached hydrogens (tertiary/aromatic N) is 3. The highest BCUT2D eigenvalue weighted by Gasteiger charge is 2.33. The number of alkyl halides is 4. The molecule has 0 aliphatic carbocycles. The fraction of sp³-hybridized carbons (Fsp3) is 0.182. The lowest BCUT2D eigenvalue weighted by Crippen LogP contribution is -2.08. The van der Waals surface area contributed by atoms with Gasteiger partial charge in [0.05, 0.1) is 10.6 Å². The minimum atomic E-state index is -4.55. The molecule has 0 spiro atoms. The van der Waals surface area contributed by atoms with Crippen LogP contribution in [0.4, 0.5) is 18.9 Å². The third-order valence-electron chi connectivity index (χ3n) is 2.54. The number of nitro groups is 1. The normalized spacial score (nSPS) is 11.6. The van der Waals surface area contributed by atoms with Gasteiger partial charge in [0, 0.05) is 24.2 Å². The highest BCUT2D eigenvalue weighted by molar-refractivity contribution is 6.17. The molecular weight excluding hydrogens is 299 g/mol. The van der Waals surface area contributed by atoms with E-state index < -0.39 is 16.8 Å². The Morgan fingerprint density at radius 1 is 1.35 bits per heavy atom. The Bertz CT molecular complexity index is 655. The van der Waals surface area contributed by atoms with E-state index in [2.05, 4.69) is 5.10 Å². The quantitative estimate of drug-likeness (QED) is 0.495. The molecule has 1 heterocycles. The summed E-state index contributed by atoms with van der Waals surface area (Å²) in [7, 11) is 0. The van der Waals surface area contributed by atoms with Crippen LogP contribution in [0.1, 0.15) is 11.3 Å². The van der Waals surface area contributed by atoms with E-state index in [0.717, 1.165) is 16.9 Å². The van der Waals surface area contributed by atoms with Crippen LogP contribution in [0, 0.1) is 10.1 Å². The Labute approximate surface area is 115 Å². The second-order valence-corrected chi connectivity index (χ2v) is 4.11. The predicted octanol–water partition coefficient (Wildman–Crippen LogP) is 3.54. The summed E-state index contributed by atoms with van der Waals surface area (Å²) in [6, 6.07) is 4.51. The monoisotopic (exact) mass is 305 g/mol. The second kappa shape index (κ2) is 5.12. The number of hydrogen-bond donors (Lipinski definition) is 0. The van der Waals surface area contributed by atoms with E-state index in [9.17, 15) is 23.3 Å². The molecule has 0 aliphatic rings. The Kier molecular flexibility index (Phi) is 3.67. The molecular formula is C11H7ClF3N3O2. The first-order chi connectivity index (χ1) is 9.32. The SMILES string of the molecule is O=[N+]([O-])c1ccc(-n2ccc(C(F)(F)F)n2)c(CCl)c1. The van der Waals surface area contributed by atoms with Crippen LogP contribution >= 0.6 is 11.6 Å².